The summed E-state index contributed by atoms with van der Waals surface area (Å²) in [4.78, 5) is 18.1. The van der Waals surface area contributed by atoms with Gasteiger partial charge in [0, 0.05) is 12.0 Å². The van der Waals surface area contributed by atoms with Crippen LogP contribution in [0, 0.1) is 0 Å². The summed E-state index contributed by atoms with van der Waals surface area (Å²) in [6, 6.07) is 1.43. The van der Waals surface area contributed by atoms with Crippen molar-refractivity contribution in [2.45, 2.75) is 32.1 Å². The van der Waals surface area contributed by atoms with Gasteiger partial charge >= 0.3 is 0 Å². The molecule has 0 fully saturated rings. The number of halogens is 1. The minimum atomic E-state index is -0.124. The van der Waals surface area contributed by atoms with E-state index in [0.29, 0.717) is 5.69 Å². The molecule has 1 unspecified atom stereocenters. The highest BCUT2D eigenvalue weighted by Crippen LogP contribution is 2.12. The van der Waals surface area contributed by atoms with Gasteiger partial charge in [0.25, 0.3) is 5.56 Å². The maximum atomic E-state index is 11.1. The molecule has 0 aliphatic carbocycles. The van der Waals surface area contributed by atoms with Gasteiger partial charge < -0.3 is 4.98 Å². The van der Waals surface area contributed by atoms with Crippen LogP contribution in [0.4, 0.5) is 0 Å². The van der Waals surface area contributed by atoms with Gasteiger partial charge in [-0.15, -0.1) is 11.6 Å². The highest BCUT2D eigenvalue weighted by Gasteiger charge is 2.06. The van der Waals surface area contributed by atoms with Crippen molar-refractivity contribution in [2.24, 2.45) is 0 Å². The predicted molar refractivity (Wildman–Crippen MR) is 53.1 cm³/mol. The zero-order chi connectivity index (χ0) is 9.84. The molecule has 1 heterocycles. The summed E-state index contributed by atoms with van der Waals surface area (Å²) >= 11 is 5.60. The van der Waals surface area contributed by atoms with E-state index in [1.54, 1.807) is 0 Å². The van der Waals surface area contributed by atoms with Crippen molar-refractivity contribution in [1.29, 1.82) is 0 Å². The molecule has 1 rings (SSSR count). The first kappa shape index (κ1) is 10.3. The van der Waals surface area contributed by atoms with E-state index in [4.69, 9.17) is 11.6 Å². The first-order valence-corrected chi connectivity index (χ1v) is 4.87. The average Bonchev–Trinajstić information content (AvgIpc) is 2.15. The Hall–Kier alpha value is -0.830. The van der Waals surface area contributed by atoms with Gasteiger partial charge in [-0.2, -0.15) is 0 Å². The highest BCUT2D eigenvalue weighted by atomic mass is 35.5. The summed E-state index contributed by atoms with van der Waals surface area (Å²) in [6.45, 7) is 4.08. The number of aromatic nitrogens is 2. The molecule has 1 aromatic heterocycles. The Morgan fingerprint density at radius 2 is 2.38 bits per heavy atom. The van der Waals surface area contributed by atoms with Crippen molar-refractivity contribution in [2.75, 3.05) is 0 Å². The zero-order valence-corrected chi connectivity index (χ0v) is 8.56. The van der Waals surface area contributed by atoms with Crippen molar-refractivity contribution in [3.05, 3.63) is 27.9 Å². The summed E-state index contributed by atoms with van der Waals surface area (Å²) in [7, 11) is 0. The van der Waals surface area contributed by atoms with E-state index in [9.17, 15) is 4.79 Å². The number of hydrogen-bond donors (Lipinski definition) is 1. The van der Waals surface area contributed by atoms with Gasteiger partial charge in [-0.1, -0.05) is 13.8 Å². The average molecular weight is 201 g/mol. The van der Waals surface area contributed by atoms with Crippen molar-refractivity contribution < 1.29 is 0 Å². The number of nitrogens with zero attached hydrogens (tertiary/aromatic N) is 1. The van der Waals surface area contributed by atoms with E-state index >= 15 is 0 Å². The molecule has 0 saturated carbocycles. The maximum Gasteiger partial charge on any atom is 0.251 e. The lowest BCUT2D eigenvalue weighted by Crippen LogP contribution is -2.13. The molecule has 1 aromatic rings. The Bertz CT molecular complexity index is 335. The quantitative estimate of drug-likeness (QED) is 0.759. The monoisotopic (exact) mass is 200 g/mol. The van der Waals surface area contributed by atoms with Crippen molar-refractivity contribution >= 4 is 11.6 Å². The van der Waals surface area contributed by atoms with E-state index in [1.165, 1.54) is 6.07 Å². The molecule has 3 nitrogen and oxygen atoms in total. The minimum Gasteiger partial charge on any atom is -0.310 e. The number of rotatable bonds is 3. The van der Waals surface area contributed by atoms with E-state index in [0.717, 1.165) is 12.2 Å². The molecule has 0 saturated heterocycles. The first-order chi connectivity index (χ1) is 6.17. The largest absolute Gasteiger partial charge is 0.310 e. The molecular weight excluding hydrogens is 188 g/mol. The second kappa shape index (κ2) is 4.42. The summed E-state index contributed by atoms with van der Waals surface area (Å²) in [6.07, 6.45) is 0.953. The summed E-state index contributed by atoms with van der Waals surface area (Å²) in [5.74, 6) is 1.29. The number of aromatic amines is 1. The minimum absolute atomic E-state index is 0.124. The second-order valence-corrected chi connectivity index (χ2v) is 3.33. The van der Waals surface area contributed by atoms with Crippen LogP contribution in [0.1, 0.15) is 37.7 Å². The van der Waals surface area contributed by atoms with Crippen LogP contribution in [0.15, 0.2) is 10.9 Å². The Labute approximate surface area is 82.2 Å². The molecule has 72 valence electrons. The molecule has 13 heavy (non-hydrogen) atoms. The van der Waals surface area contributed by atoms with E-state index < -0.39 is 0 Å². The lowest BCUT2D eigenvalue weighted by molar-refractivity contribution is 0.669. The second-order valence-electron chi connectivity index (χ2n) is 3.06. The number of H-pyrrole nitrogens is 1. The van der Waals surface area contributed by atoms with Gasteiger partial charge in [-0.25, -0.2) is 4.98 Å². The predicted octanol–water partition coefficient (Wildman–Crippen LogP) is 2.02. The molecule has 1 N–H and O–H groups in total. The lowest BCUT2D eigenvalue weighted by Gasteiger charge is -2.07. The van der Waals surface area contributed by atoms with Crippen LogP contribution in [0.3, 0.4) is 0 Å². The number of nitrogens with one attached hydrogen (secondary N) is 1. The van der Waals surface area contributed by atoms with Gasteiger partial charge in [-0.05, 0) is 6.42 Å². The lowest BCUT2D eigenvalue weighted by atomic mass is 10.1. The fraction of sp³-hybridized carbons (Fsp3) is 0.556. The maximum absolute atomic E-state index is 11.1. The smallest absolute Gasteiger partial charge is 0.251 e. The summed E-state index contributed by atoms with van der Waals surface area (Å²) < 4.78 is 0. The van der Waals surface area contributed by atoms with Crippen LogP contribution in [0.5, 0.6) is 0 Å². The molecule has 1 atom stereocenters. The SMILES string of the molecule is CCC(C)c1nc(CCl)cc(=O)[nH]1. The fourth-order valence-corrected chi connectivity index (χ4v) is 1.16. The van der Waals surface area contributed by atoms with Gasteiger partial charge in [-0.3, -0.25) is 4.79 Å². The molecule has 0 aliphatic rings. The fourth-order valence-electron chi connectivity index (χ4n) is 1.02. The highest BCUT2D eigenvalue weighted by molar-refractivity contribution is 6.16. The third kappa shape index (κ3) is 2.56. The Balaban J connectivity index is 3.08. The van der Waals surface area contributed by atoms with Gasteiger partial charge in [0.2, 0.25) is 0 Å². The molecule has 0 amide bonds. The Kier molecular flexibility index (Phi) is 3.48. The topological polar surface area (TPSA) is 45.8 Å². The standard InChI is InChI=1S/C9H13ClN2O/c1-3-6(2)9-11-7(5-10)4-8(13)12-9/h4,6H,3,5H2,1-2H3,(H,11,12,13). The summed E-state index contributed by atoms with van der Waals surface area (Å²) in [5, 5.41) is 0. The molecule has 0 bridgehead atoms. The zero-order valence-electron chi connectivity index (χ0n) is 7.80. The van der Waals surface area contributed by atoms with Gasteiger partial charge in [0.15, 0.2) is 0 Å². The molecular formula is C9H13ClN2O. The van der Waals surface area contributed by atoms with Crippen molar-refractivity contribution in [1.82, 2.24) is 9.97 Å². The number of hydrogen-bond acceptors (Lipinski definition) is 2. The van der Waals surface area contributed by atoms with E-state index in [1.807, 2.05) is 6.92 Å². The van der Waals surface area contributed by atoms with E-state index in [2.05, 4.69) is 16.9 Å². The molecule has 0 aliphatic heterocycles. The van der Waals surface area contributed by atoms with Crippen LogP contribution >= 0.6 is 11.6 Å². The van der Waals surface area contributed by atoms with Crippen LogP contribution < -0.4 is 5.56 Å². The Morgan fingerprint density at radius 1 is 1.69 bits per heavy atom. The van der Waals surface area contributed by atoms with Gasteiger partial charge in [0.1, 0.15) is 5.82 Å². The number of alkyl halides is 1. The van der Waals surface area contributed by atoms with Crippen LogP contribution in [-0.2, 0) is 5.88 Å². The van der Waals surface area contributed by atoms with E-state index in [-0.39, 0.29) is 17.4 Å². The molecule has 4 heteroatoms. The molecule has 0 spiro atoms. The van der Waals surface area contributed by atoms with Crippen molar-refractivity contribution in [3.8, 4) is 0 Å². The van der Waals surface area contributed by atoms with Crippen molar-refractivity contribution in [3.63, 3.8) is 0 Å². The van der Waals surface area contributed by atoms with Crippen LogP contribution in [0.25, 0.3) is 0 Å². The normalized spacial score (nSPS) is 12.8. The van der Waals surface area contributed by atoms with Gasteiger partial charge in [0.05, 0.1) is 11.6 Å². The third-order valence-electron chi connectivity index (χ3n) is 2.03. The first-order valence-electron chi connectivity index (χ1n) is 4.33. The molecule has 0 aromatic carbocycles. The molecule has 0 radical (unpaired) electrons. The Morgan fingerprint density at radius 3 is 2.92 bits per heavy atom. The van der Waals surface area contributed by atoms with Crippen LogP contribution in [0.2, 0.25) is 0 Å². The third-order valence-corrected chi connectivity index (χ3v) is 2.30. The summed E-state index contributed by atoms with van der Waals surface area (Å²) in [5.41, 5.74) is 0.515. The van der Waals surface area contributed by atoms with Crippen LogP contribution in [-0.4, -0.2) is 9.97 Å².